The Morgan fingerprint density at radius 2 is 1.08 bits per heavy atom. The van der Waals surface area contributed by atoms with Gasteiger partial charge in [0.1, 0.15) is 5.04 Å². The van der Waals surface area contributed by atoms with Crippen LogP contribution in [0.25, 0.3) is 0 Å². The monoisotopic (exact) mass is 542 g/mol. The molecule has 0 saturated carbocycles. The number of hydrogen-bond acceptors (Lipinski definition) is 5. The summed E-state index contributed by atoms with van der Waals surface area (Å²) in [6.45, 7) is 0. The van der Waals surface area contributed by atoms with Gasteiger partial charge >= 0.3 is 0 Å². The van der Waals surface area contributed by atoms with Gasteiger partial charge in [-0.05, 0) is 48.2 Å². The van der Waals surface area contributed by atoms with E-state index in [0.29, 0.717) is 5.02 Å². The zero-order valence-corrected chi connectivity index (χ0v) is 22.4. The molecule has 2 aliphatic rings. The van der Waals surface area contributed by atoms with Crippen molar-refractivity contribution in [3.63, 3.8) is 0 Å². The van der Waals surface area contributed by atoms with Crippen molar-refractivity contribution >= 4 is 45.5 Å². The molecule has 39 heavy (non-hydrogen) atoms. The third-order valence-corrected chi connectivity index (χ3v) is 8.49. The molecular formula is C33H23ClN4S. The van der Waals surface area contributed by atoms with Gasteiger partial charge in [-0.1, -0.05) is 115 Å². The molecule has 188 valence electrons. The van der Waals surface area contributed by atoms with Crippen molar-refractivity contribution in [1.82, 2.24) is 0 Å². The van der Waals surface area contributed by atoms with Gasteiger partial charge in [0.25, 0.3) is 0 Å². The molecule has 0 unspecified atom stereocenters. The van der Waals surface area contributed by atoms with E-state index in [2.05, 4.69) is 82.8 Å². The molecule has 2 heterocycles. The van der Waals surface area contributed by atoms with Crippen LogP contribution < -0.4 is 10.0 Å². The van der Waals surface area contributed by atoms with Crippen molar-refractivity contribution in [1.29, 1.82) is 0 Å². The molecule has 5 aromatic rings. The van der Waals surface area contributed by atoms with Crippen molar-refractivity contribution in [3.8, 4) is 0 Å². The maximum atomic E-state index is 6.26. The molecule has 0 aromatic heterocycles. The first-order valence-corrected chi connectivity index (χ1v) is 13.9. The van der Waals surface area contributed by atoms with Crippen LogP contribution >= 0.6 is 23.4 Å². The third kappa shape index (κ3) is 4.02. The molecule has 1 atom stereocenters. The highest BCUT2D eigenvalue weighted by atomic mass is 35.5. The lowest BCUT2D eigenvalue weighted by atomic mass is 9.93. The van der Waals surface area contributed by atoms with E-state index in [1.807, 2.05) is 66.7 Å². The Hall–Kier alpha value is -4.32. The Labute approximate surface area is 236 Å². The first kappa shape index (κ1) is 23.8. The number of anilines is 2. The molecule has 1 spiro atoms. The highest BCUT2D eigenvalue weighted by Crippen LogP contribution is 2.55. The summed E-state index contributed by atoms with van der Waals surface area (Å²) in [4.78, 5) is -0.805. The Morgan fingerprint density at radius 1 is 0.538 bits per heavy atom. The standard InChI is InChI=1S/C33H23ClN4S/c34-26-22-20-24(21-23-26)31-29-18-10-11-19-30(29)33(37(35-31)27-14-6-2-7-15-27)38(28-16-8-3-9-17-28)36-32(39-33)25-12-4-1-5-13-25/h1-23H/t33-/m1/s1. The number of benzene rings is 5. The number of thioether (sulfide) groups is 1. The Morgan fingerprint density at radius 3 is 1.72 bits per heavy atom. The van der Waals surface area contributed by atoms with Gasteiger partial charge in [-0.15, -0.1) is 0 Å². The summed E-state index contributed by atoms with van der Waals surface area (Å²) in [5, 5.41) is 16.5. The quantitative estimate of drug-likeness (QED) is 0.229. The normalized spacial score (nSPS) is 18.1. The molecule has 0 fully saturated rings. The fourth-order valence-corrected chi connectivity index (χ4v) is 6.62. The lowest BCUT2D eigenvalue weighted by molar-refractivity contribution is 0.550. The van der Waals surface area contributed by atoms with E-state index in [0.717, 1.165) is 44.4 Å². The van der Waals surface area contributed by atoms with Crippen LogP contribution in [0.1, 0.15) is 22.3 Å². The van der Waals surface area contributed by atoms with E-state index in [1.54, 1.807) is 11.8 Å². The van der Waals surface area contributed by atoms with Gasteiger partial charge in [0.2, 0.25) is 4.99 Å². The maximum Gasteiger partial charge on any atom is 0.234 e. The summed E-state index contributed by atoms with van der Waals surface area (Å²) in [5.74, 6) is 0. The molecule has 0 saturated heterocycles. The number of halogens is 1. The molecule has 2 aliphatic heterocycles. The number of para-hydroxylation sites is 2. The molecule has 0 bridgehead atoms. The number of nitrogens with zero attached hydrogens (tertiary/aromatic N) is 4. The average molecular weight is 543 g/mol. The molecule has 6 heteroatoms. The first-order valence-electron chi connectivity index (χ1n) is 12.7. The van der Waals surface area contributed by atoms with Gasteiger partial charge in [0, 0.05) is 27.3 Å². The van der Waals surface area contributed by atoms with Crippen LogP contribution in [0.5, 0.6) is 0 Å². The Bertz CT molecular complexity index is 1690. The second kappa shape index (κ2) is 9.77. The second-order valence-electron chi connectivity index (χ2n) is 9.28. The van der Waals surface area contributed by atoms with Gasteiger partial charge in [0.15, 0.2) is 0 Å². The molecule has 7 rings (SSSR count). The van der Waals surface area contributed by atoms with Gasteiger partial charge in [-0.2, -0.15) is 10.2 Å². The summed E-state index contributed by atoms with van der Waals surface area (Å²) in [7, 11) is 0. The predicted octanol–water partition coefficient (Wildman–Crippen LogP) is 8.34. The minimum atomic E-state index is -0.805. The van der Waals surface area contributed by atoms with E-state index < -0.39 is 4.99 Å². The highest BCUT2D eigenvalue weighted by molar-refractivity contribution is 8.15. The molecular weight excluding hydrogens is 520 g/mol. The zero-order chi connectivity index (χ0) is 26.2. The Kier molecular flexibility index (Phi) is 5.95. The fraction of sp³-hybridized carbons (Fsp3) is 0.0303. The van der Waals surface area contributed by atoms with E-state index in [4.69, 9.17) is 21.8 Å². The van der Waals surface area contributed by atoms with Crippen molar-refractivity contribution < 1.29 is 0 Å². The lowest BCUT2D eigenvalue weighted by Crippen LogP contribution is -2.54. The topological polar surface area (TPSA) is 31.2 Å². The average Bonchev–Trinajstić information content (AvgIpc) is 3.40. The van der Waals surface area contributed by atoms with E-state index in [9.17, 15) is 0 Å². The molecule has 0 N–H and O–H groups in total. The molecule has 5 aromatic carbocycles. The van der Waals surface area contributed by atoms with E-state index in [-0.39, 0.29) is 0 Å². The molecule has 0 radical (unpaired) electrons. The number of hydrogen-bond donors (Lipinski definition) is 0. The van der Waals surface area contributed by atoms with Crippen LogP contribution in [-0.2, 0) is 4.99 Å². The minimum Gasteiger partial charge on any atom is -0.223 e. The predicted molar refractivity (Wildman–Crippen MR) is 164 cm³/mol. The van der Waals surface area contributed by atoms with Gasteiger partial charge < -0.3 is 0 Å². The van der Waals surface area contributed by atoms with Crippen LogP contribution in [0.3, 0.4) is 0 Å². The van der Waals surface area contributed by atoms with E-state index in [1.165, 1.54) is 0 Å². The first-order chi connectivity index (χ1) is 19.2. The van der Waals surface area contributed by atoms with Gasteiger partial charge in [0.05, 0.1) is 17.1 Å². The summed E-state index contributed by atoms with van der Waals surface area (Å²) >= 11 is 7.97. The van der Waals surface area contributed by atoms with Crippen molar-refractivity contribution in [2.24, 2.45) is 10.2 Å². The highest BCUT2D eigenvalue weighted by Gasteiger charge is 2.55. The molecule has 0 amide bonds. The van der Waals surface area contributed by atoms with Crippen LogP contribution in [0.4, 0.5) is 11.4 Å². The summed E-state index contributed by atoms with van der Waals surface area (Å²) in [6.07, 6.45) is 0. The molecule has 4 nitrogen and oxygen atoms in total. The SMILES string of the molecule is Clc1ccc(C2=NN(c3ccccc3)[C@]3(SC(c4ccccc4)=NN3c3ccccc3)c3ccccc32)cc1. The number of hydrazone groups is 2. The van der Waals surface area contributed by atoms with Gasteiger partial charge in [-0.25, -0.2) is 10.0 Å². The van der Waals surface area contributed by atoms with Crippen LogP contribution in [0.15, 0.2) is 150 Å². The minimum absolute atomic E-state index is 0.697. The van der Waals surface area contributed by atoms with Crippen molar-refractivity contribution in [2.45, 2.75) is 4.99 Å². The number of rotatable bonds is 4. The van der Waals surface area contributed by atoms with E-state index >= 15 is 0 Å². The largest absolute Gasteiger partial charge is 0.234 e. The van der Waals surface area contributed by atoms with Crippen LogP contribution in [-0.4, -0.2) is 10.8 Å². The van der Waals surface area contributed by atoms with Crippen LogP contribution in [0.2, 0.25) is 5.02 Å². The zero-order valence-electron chi connectivity index (χ0n) is 20.9. The third-order valence-electron chi connectivity index (χ3n) is 6.88. The van der Waals surface area contributed by atoms with Crippen molar-refractivity contribution in [3.05, 3.63) is 167 Å². The Balaban J connectivity index is 1.52. The molecule has 0 aliphatic carbocycles. The second-order valence-corrected chi connectivity index (χ2v) is 10.9. The lowest BCUT2D eigenvalue weighted by Gasteiger charge is -2.47. The number of fused-ring (bicyclic) bond motifs is 2. The smallest absolute Gasteiger partial charge is 0.223 e. The van der Waals surface area contributed by atoms with Crippen LogP contribution in [0, 0.1) is 0 Å². The maximum absolute atomic E-state index is 6.26. The summed E-state index contributed by atoms with van der Waals surface area (Å²) < 4.78 is 0. The summed E-state index contributed by atoms with van der Waals surface area (Å²) in [6, 6.07) is 47.4. The summed E-state index contributed by atoms with van der Waals surface area (Å²) in [5.41, 5.74) is 7.08. The van der Waals surface area contributed by atoms with Crippen molar-refractivity contribution in [2.75, 3.05) is 10.0 Å². The van der Waals surface area contributed by atoms with Gasteiger partial charge in [-0.3, -0.25) is 0 Å². The fourth-order valence-electron chi connectivity index (χ4n) is 5.09.